The normalized spacial score (nSPS) is 12.1. The monoisotopic (exact) mass is 375 g/mol. The Morgan fingerprint density at radius 3 is 2.74 bits per heavy atom. The van der Waals surface area contributed by atoms with Crippen LogP contribution in [0.5, 0.6) is 5.75 Å². The van der Waals surface area contributed by atoms with Crippen LogP contribution in [0.15, 0.2) is 58.1 Å². The van der Waals surface area contributed by atoms with Gasteiger partial charge in [-0.2, -0.15) is 5.10 Å². The lowest BCUT2D eigenvalue weighted by atomic mass is 10.2. The van der Waals surface area contributed by atoms with Crippen LogP contribution in [-0.2, 0) is 4.79 Å². The molecule has 3 N–H and O–H groups in total. The van der Waals surface area contributed by atoms with Crippen molar-refractivity contribution in [3.63, 3.8) is 0 Å². The number of phenols is 1. The van der Waals surface area contributed by atoms with Gasteiger partial charge < -0.3 is 10.4 Å². The molecule has 0 saturated carbocycles. The number of carbonyl (C=O) groups excluding carboxylic acids is 1. The number of hydrogen-bond donors (Lipinski definition) is 3. The molecular weight excluding hydrogens is 358 g/mol. The van der Waals surface area contributed by atoms with Crippen LogP contribution in [0.4, 0.5) is 5.69 Å². The molecule has 0 saturated heterocycles. The third kappa shape index (κ3) is 5.10. The molecule has 0 fully saturated rings. The van der Waals surface area contributed by atoms with Crippen molar-refractivity contribution in [2.45, 2.75) is 19.4 Å². The molecule has 0 heterocycles. The van der Waals surface area contributed by atoms with E-state index in [1.165, 1.54) is 6.21 Å². The fraction of sp³-hybridized carbons (Fsp3) is 0.176. The van der Waals surface area contributed by atoms with Crippen LogP contribution in [0.1, 0.15) is 18.9 Å². The van der Waals surface area contributed by atoms with Crippen LogP contribution >= 0.6 is 15.9 Å². The summed E-state index contributed by atoms with van der Waals surface area (Å²) in [7, 11) is 0. The second-order valence-electron chi connectivity index (χ2n) is 4.91. The minimum Gasteiger partial charge on any atom is -0.507 e. The summed E-state index contributed by atoms with van der Waals surface area (Å²) in [5, 5.41) is 16.8. The van der Waals surface area contributed by atoms with Crippen molar-refractivity contribution in [3.8, 4) is 5.75 Å². The number of amides is 1. The Kier molecular flexibility index (Phi) is 6.17. The maximum absolute atomic E-state index is 12.2. The molecule has 6 heteroatoms. The molecule has 0 spiro atoms. The van der Waals surface area contributed by atoms with Gasteiger partial charge in [-0.25, -0.2) is 5.43 Å². The summed E-state index contributed by atoms with van der Waals surface area (Å²) in [6, 6.07) is 14.1. The fourth-order valence-electron chi connectivity index (χ4n) is 1.96. The number of phenolic OH excluding ortho intramolecular Hbond substituents is 1. The minimum atomic E-state index is -0.384. The molecule has 23 heavy (non-hydrogen) atoms. The number of nitrogens with zero attached hydrogens (tertiary/aromatic N) is 1. The topological polar surface area (TPSA) is 73.7 Å². The summed E-state index contributed by atoms with van der Waals surface area (Å²) in [6.07, 6.45) is 2.03. The highest BCUT2D eigenvalue weighted by molar-refractivity contribution is 9.10. The maximum atomic E-state index is 12.2. The van der Waals surface area contributed by atoms with Gasteiger partial charge in [0.15, 0.2) is 0 Å². The van der Waals surface area contributed by atoms with Gasteiger partial charge in [0, 0.05) is 15.7 Å². The molecule has 1 amide bonds. The highest BCUT2D eigenvalue weighted by atomic mass is 79.9. The van der Waals surface area contributed by atoms with E-state index in [9.17, 15) is 9.90 Å². The summed E-state index contributed by atoms with van der Waals surface area (Å²) < 4.78 is 0.820. The molecule has 0 aliphatic carbocycles. The zero-order valence-electron chi connectivity index (χ0n) is 12.7. The van der Waals surface area contributed by atoms with Crippen molar-refractivity contribution in [2.75, 3.05) is 5.32 Å². The number of para-hydroxylation sites is 1. The van der Waals surface area contributed by atoms with E-state index >= 15 is 0 Å². The van der Waals surface area contributed by atoms with Crippen molar-refractivity contribution >= 4 is 33.7 Å². The van der Waals surface area contributed by atoms with Crippen molar-refractivity contribution in [2.24, 2.45) is 5.10 Å². The highest BCUT2D eigenvalue weighted by Crippen LogP contribution is 2.19. The van der Waals surface area contributed by atoms with Gasteiger partial charge in [-0.1, -0.05) is 41.1 Å². The molecule has 1 atom stereocenters. The lowest BCUT2D eigenvalue weighted by Gasteiger charge is -2.16. The zero-order valence-corrected chi connectivity index (χ0v) is 14.2. The predicted octanol–water partition coefficient (Wildman–Crippen LogP) is 3.50. The smallest absolute Gasteiger partial charge is 0.262 e. The molecule has 0 aliphatic rings. The number of carbonyl (C=O) groups is 1. The average Bonchev–Trinajstić information content (AvgIpc) is 2.56. The number of rotatable bonds is 6. The van der Waals surface area contributed by atoms with E-state index in [1.807, 2.05) is 37.3 Å². The first-order chi connectivity index (χ1) is 11.1. The van der Waals surface area contributed by atoms with Crippen LogP contribution < -0.4 is 10.7 Å². The summed E-state index contributed by atoms with van der Waals surface area (Å²) in [6.45, 7) is 1.92. The Bertz CT molecular complexity index is 689. The first kappa shape index (κ1) is 17.0. The average molecular weight is 376 g/mol. The lowest BCUT2D eigenvalue weighted by molar-refractivity contribution is -0.121. The van der Waals surface area contributed by atoms with Gasteiger partial charge in [-0.15, -0.1) is 0 Å². The van der Waals surface area contributed by atoms with E-state index in [0.29, 0.717) is 12.0 Å². The Morgan fingerprint density at radius 2 is 2.04 bits per heavy atom. The zero-order chi connectivity index (χ0) is 16.7. The van der Waals surface area contributed by atoms with Gasteiger partial charge in [0.1, 0.15) is 11.8 Å². The largest absolute Gasteiger partial charge is 0.507 e. The van der Waals surface area contributed by atoms with E-state index in [4.69, 9.17) is 0 Å². The molecular formula is C17H18BrN3O2. The van der Waals surface area contributed by atoms with E-state index in [1.54, 1.807) is 18.2 Å². The lowest BCUT2D eigenvalue weighted by Crippen LogP contribution is -2.36. The van der Waals surface area contributed by atoms with E-state index in [0.717, 1.165) is 10.2 Å². The molecule has 2 rings (SSSR count). The van der Waals surface area contributed by atoms with Gasteiger partial charge in [0.2, 0.25) is 0 Å². The summed E-state index contributed by atoms with van der Waals surface area (Å²) in [4.78, 5) is 12.2. The Balaban J connectivity index is 1.97. The fourth-order valence-corrected chi connectivity index (χ4v) is 2.34. The summed E-state index contributed by atoms with van der Waals surface area (Å²) >= 11 is 3.32. The van der Waals surface area contributed by atoms with Crippen molar-refractivity contribution in [1.29, 1.82) is 0 Å². The first-order valence-corrected chi connectivity index (χ1v) is 8.02. The molecule has 2 aromatic rings. The van der Waals surface area contributed by atoms with Gasteiger partial charge in [-0.05, 0) is 36.8 Å². The quantitative estimate of drug-likeness (QED) is 0.534. The molecule has 0 bridgehead atoms. The SMILES string of the molecule is CCC(Nc1ccccc1)C(=O)NN=Cc1cc(Br)ccc1O. The van der Waals surface area contributed by atoms with Crippen LogP contribution in [0, 0.1) is 0 Å². The summed E-state index contributed by atoms with van der Waals surface area (Å²) in [5.41, 5.74) is 3.89. The maximum Gasteiger partial charge on any atom is 0.262 e. The number of hydrazone groups is 1. The van der Waals surface area contributed by atoms with E-state index in [-0.39, 0.29) is 17.7 Å². The molecule has 0 aliphatic heterocycles. The highest BCUT2D eigenvalue weighted by Gasteiger charge is 2.15. The third-order valence-electron chi connectivity index (χ3n) is 3.21. The van der Waals surface area contributed by atoms with Crippen molar-refractivity contribution < 1.29 is 9.90 Å². The number of benzene rings is 2. The molecule has 2 aromatic carbocycles. The number of anilines is 1. The molecule has 0 aromatic heterocycles. The van der Waals surface area contributed by atoms with Gasteiger partial charge in [-0.3, -0.25) is 4.79 Å². The number of aromatic hydroxyl groups is 1. The molecule has 120 valence electrons. The molecule has 5 nitrogen and oxygen atoms in total. The van der Waals surface area contributed by atoms with Crippen LogP contribution in [0.3, 0.4) is 0 Å². The van der Waals surface area contributed by atoms with Crippen LogP contribution in [-0.4, -0.2) is 23.3 Å². The number of nitrogens with one attached hydrogen (secondary N) is 2. The Morgan fingerprint density at radius 1 is 1.30 bits per heavy atom. The standard InChI is InChI=1S/C17H18BrN3O2/c1-2-15(20-14-6-4-3-5-7-14)17(23)21-19-11-12-10-13(18)8-9-16(12)22/h3-11,15,20,22H,2H2,1H3,(H,21,23). The predicted molar refractivity (Wildman–Crippen MR) is 95.7 cm³/mol. The van der Waals surface area contributed by atoms with Gasteiger partial charge >= 0.3 is 0 Å². The van der Waals surface area contributed by atoms with Crippen LogP contribution in [0.25, 0.3) is 0 Å². The van der Waals surface area contributed by atoms with Gasteiger partial charge in [0.05, 0.1) is 6.21 Å². The first-order valence-electron chi connectivity index (χ1n) is 7.23. The number of hydrogen-bond acceptors (Lipinski definition) is 4. The number of halogens is 1. The third-order valence-corrected chi connectivity index (χ3v) is 3.70. The Hall–Kier alpha value is -2.34. The Labute approximate surface area is 143 Å². The minimum absolute atomic E-state index is 0.0978. The van der Waals surface area contributed by atoms with Gasteiger partial charge in [0.25, 0.3) is 5.91 Å². The van der Waals surface area contributed by atoms with E-state index < -0.39 is 0 Å². The summed E-state index contributed by atoms with van der Waals surface area (Å²) in [5.74, 6) is -0.136. The molecule has 1 unspecified atom stereocenters. The molecule has 0 radical (unpaired) electrons. The van der Waals surface area contributed by atoms with E-state index in [2.05, 4.69) is 31.8 Å². The second-order valence-corrected chi connectivity index (χ2v) is 5.82. The van der Waals surface area contributed by atoms with Crippen molar-refractivity contribution in [1.82, 2.24) is 5.43 Å². The van der Waals surface area contributed by atoms with Crippen molar-refractivity contribution in [3.05, 3.63) is 58.6 Å². The van der Waals surface area contributed by atoms with Crippen LogP contribution in [0.2, 0.25) is 0 Å². The second kappa shape index (κ2) is 8.33.